The summed E-state index contributed by atoms with van der Waals surface area (Å²) in [5.74, 6) is 0.444. The third-order valence-electron chi connectivity index (χ3n) is 4.61. The highest BCUT2D eigenvalue weighted by molar-refractivity contribution is 6.02. The Labute approximate surface area is 167 Å². The predicted octanol–water partition coefficient (Wildman–Crippen LogP) is 2.87. The first-order chi connectivity index (χ1) is 14.1. The van der Waals surface area contributed by atoms with Crippen LogP contribution in [0, 0.1) is 0 Å². The molecule has 0 bridgehead atoms. The van der Waals surface area contributed by atoms with Gasteiger partial charge in [-0.15, -0.1) is 0 Å². The van der Waals surface area contributed by atoms with Crippen molar-refractivity contribution in [3.63, 3.8) is 0 Å². The van der Waals surface area contributed by atoms with Crippen LogP contribution in [0.2, 0.25) is 0 Å². The van der Waals surface area contributed by atoms with Gasteiger partial charge in [-0.25, -0.2) is 5.26 Å². The minimum Gasteiger partial charge on any atom is -0.493 e. The van der Waals surface area contributed by atoms with E-state index in [1.54, 1.807) is 6.07 Å². The summed E-state index contributed by atoms with van der Waals surface area (Å²) in [4.78, 5) is 17.6. The lowest BCUT2D eigenvalue weighted by Crippen LogP contribution is -2.30. The van der Waals surface area contributed by atoms with Gasteiger partial charge in [0.15, 0.2) is 29.3 Å². The average Bonchev–Trinajstić information content (AvgIpc) is 3.25. The van der Waals surface area contributed by atoms with Crippen molar-refractivity contribution >= 4 is 5.78 Å². The Morgan fingerprint density at radius 2 is 1.66 bits per heavy atom. The third-order valence-corrected chi connectivity index (χ3v) is 4.61. The van der Waals surface area contributed by atoms with Crippen LogP contribution in [0.5, 0.6) is 28.7 Å². The maximum Gasteiger partial charge on any atom is 0.231 e. The van der Waals surface area contributed by atoms with E-state index in [0.29, 0.717) is 34.1 Å². The van der Waals surface area contributed by atoms with Gasteiger partial charge in [-0.05, 0) is 30.3 Å². The molecule has 1 aliphatic rings. The minimum atomic E-state index is -0.921. The molecule has 1 aliphatic heterocycles. The Morgan fingerprint density at radius 1 is 1.00 bits per heavy atom. The van der Waals surface area contributed by atoms with Gasteiger partial charge in [0.05, 0.1) is 14.2 Å². The monoisotopic (exact) mass is 406 g/mol. The van der Waals surface area contributed by atoms with Crippen LogP contribution in [0.3, 0.4) is 0 Å². The fraction of sp³-hybridized carbons (Fsp3) is 0.350. The zero-order chi connectivity index (χ0) is 21.0. The molecule has 0 fully saturated rings. The van der Waals surface area contributed by atoms with Gasteiger partial charge in [0.2, 0.25) is 18.3 Å². The molecule has 9 heteroatoms. The quantitative estimate of drug-likeness (QED) is 0.291. The summed E-state index contributed by atoms with van der Waals surface area (Å²) in [7, 11) is 5.83. The molecule has 156 valence electrons. The SMILES string of the molecule is COc1cc([C@H](C(=O)c2ccc(OO)cc2)C(OC)OC)c(OC)c2c1OCO2. The van der Waals surface area contributed by atoms with Crippen LogP contribution in [0.4, 0.5) is 0 Å². The lowest BCUT2D eigenvalue weighted by atomic mass is 9.88. The fourth-order valence-electron chi connectivity index (χ4n) is 3.27. The molecule has 29 heavy (non-hydrogen) atoms. The zero-order valence-corrected chi connectivity index (χ0v) is 16.5. The van der Waals surface area contributed by atoms with Crippen LogP contribution in [-0.2, 0) is 9.47 Å². The summed E-state index contributed by atoms with van der Waals surface area (Å²) in [5.41, 5.74) is 0.809. The fourth-order valence-corrected chi connectivity index (χ4v) is 3.27. The maximum atomic E-state index is 13.4. The number of carbonyl (C=O) groups excluding carboxylic acids is 1. The van der Waals surface area contributed by atoms with Crippen molar-refractivity contribution in [2.75, 3.05) is 35.2 Å². The zero-order valence-electron chi connectivity index (χ0n) is 16.5. The van der Waals surface area contributed by atoms with Gasteiger partial charge >= 0.3 is 0 Å². The number of carbonyl (C=O) groups is 1. The van der Waals surface area contributed by atoms with Crippen LogP contribution in [0.25, 0.3) is 0 Å². The second-order valence-electron chi connectivity index (χ2n) is 6.06. The highest BCUT2D eigenvalue weighted by Crippen LogP contribution is 2.52. The van der Waals surface area contributed by atoms with Gasteiger partial charge in [-0.1, -0.05) is 0 Å². The third kappa shape index (κ3) is 3.80. The topological polar surface area (TPSA) is 102 Å². The summed E-state index contributed by atoms with van der Waals surface area (Å²) in [6.07, 6.45) is -0.921. The van der Waals surface area contributed by atoms with E-state index in [0.717, 1.165) is 0 Å². The number of methoxy groups -OCH3 is 4. The minimum absolute atomic E-state index is 0.00469. The van der Waals surface area contributed by atoms with Gasteiger partial charge in [0.1, 0.15) is 5.92 Å². The smallest absolute Gasteiger partial charge is 0.231 e. The van der Waals surface area contributed by atoms with Gasteiger partial charge in [-0.3, -0.25) is 4.79 Å². The molecule has 0 aliphatic carbocycles. The molecule has 0 saturated heterocycles. The molecule has 0 unspecified atom stereocenters. The van der Waals surface area contributed by atoms with E-state index < -0.39 is 12.2 Å². The summed E-state index contributed by atoms with van der Waals surface area (Å²) >= 11 is 0. The number of rotatable bonds is 9. The second kappa shape index (κ2) is 8.99. The molecule has 0 amide bonds. The molecule has 0 saturated carbocycles. The molecule has 1 atom stereocenters. The van der Waals surface area contributed by atoms with Crippen molar-refractivity contribution in [3.05, 3.63) is 41.5 Å². The van der Waals surface area contributed by atoms with E-state index in [9.17, 15) is 4.79 Å². The highest BCUT2D eigenvalue weighted by atomic mass is 17.1. The van der Waals surface area contributed by atoms with Crippen molar-refractivity contribution < 1.29 is 43.4 Å². The number of ether oxygens (including phenoxy) is 6. The Bertz CT molecular complexity index is 859. The Balaban J connectivity index is 2.15. The number of fused-ring (bicyclic) bond motifs is 1. The highest BCUT2D eigenvalue weighted by Gasteiger charge is 2.38. The summed E-state index contributed by atoms with van der Waals surface area (Å²) < 4.78 is 32.8. The van der Waals surface area contributed by atoms with Crippen LogP contribution in [-0.4, -0.2) is 52.6 Å². The van der Waals surface area contributed by atoms with E-state index in [1.165, 1.54) is 52.7 Å². The molecule has 3 rings (SSSR count). The number of ketones is 1. The van der Waals surface area contributed by atoms with Crippen LogP contribution < -0.4 is 23.8 Å². The van der Waals surface area contributed by atoms with Gasteiger partial charge in [0, 0.05) is 25.3 Å². The van der Waals surface area contributed by atoms with Crippen molar-refractivity contribution in [1.82, 2.24) is 0 Å². The molecule has 1 N–H and O–H groups in total. The molecule has 9 nitrogen and oxygen atoms in total. The van der Waals surface area contributed by atoms with Gasteiger partial charge < -0.3 is 33.3 Å². The normalized spacial score (nSPS) is 13.3. The Hall–Kier alpha value is -3.01. The van der Waals surface area contributed by atoms with E-state index in [2.05, 4.69) is 4.89 Å². The van der Waals surface area contributed by atoms with Crippen molar-refractivity contribution in [3.8, 4) is 28.7 Å². The molecule has 0 aromatic heterocycles. The number of hydrogen-bond donors (Lipinski definition) is 1. The predicted molar refractivity (Wildman–Crippen MR) is 100 cm³/mol. The summed E-state index contributed by atoms with van der Waals surface area (Å²) in [6, 6.07) is 7.64. The number of benzene rings is 2. The van der Waals surface area contributed by atoms with E-state index in [4.69, 9.17) is 33.7 Å². The first-order valence-corrected chi connectivity index (χ1v) is 8.65. The first-order valence-electron chi connectivity index (χ1n) is 8.65. The summed E-state index contributed by atoms with van der Waals surface area (Å²) in [6.45, 7) is 0.00469. The maximum absolute atomic E-state index is 13.4. The van der Waals surface area contributed by atoms with E-state index in [1.807, 2.05) is 0 Å². The molecule has 1 heterocycles. The van der Waals surface area contributed by atoms with Crippen LogP contribution >= 0.6 is 0 Å². The molecular formula is C20H22O9. The Kier molecular flexibility index (Phi) is 6.42. The first kappa shape index (κ1) is 20.7. The molecule has 0 radical (unpaired) electrons. The average molecular weight is 406 g/mol. The van der Waals surface area contributed by atoms with E-state index >= 15 is 0 Å². The van der Waals surface area contributed by atoms with Crippen molar-refractivity contribution in [1.29, 1.82) is 0 Å². The summed E-state index contributed by atoms with van der Waals surface area (Å²) in [5, 5.41) is 8.75. The van der Waals surface area contributed by atoms with Gasteiger partial charge in [0.25, 0.3) is 0 Å². The molecule has 0 spiro atoms. The van der Waals surface area contributed by atoms with Crippen LogP contribution in [0.1, 0.15) is 21.8 Å². The lowest BCUT2D eigenvalue weighted by molar-refractivity contribution is -0.137. The van der Waals surface area contributed by atoms with Crippen molar-refractivity contribution in [2.24, 2.45) is 0 Å². The Morgan fingerprint density at radius 3 is 2.21 bits per heavy atom. The standard InChI is InChI=1S/C20H22O9/c1-23-14-9-13(17(24-2)19-18(14)27-10-28-19)15(20(25-3)26-4)16(21)11-5-7-12(29-22)8-6-11/h5-9,15,20,22H,10H2,1-4H3/t15-/m1/s1. The van der Waals surface area contributed by atoms with Crippen molar-refractivity contribution in [2.45, 2.75) is 12.2 Å². The largest absolute Gasteiger partial charge is 0.493 e. The number of hydrogen-bond acceptors (Lipinski definition) is 9. The van der Waals surface area contributed by atoms with Crippen LogP contribution in [0.15, 0.2) is 30.3 Å². The number of Topliss-reactive ketones (excluding diaryl/α,β-unsaturated/α-hetero) is 1. The lowest BCUT2D eigenvalue weighted by Gasteiger charge is -2.26. The molecular weight excluding hydrogens is 384 g/mol. The second-order valence-corrected chi connectivity index (χ2v) is 6.06. The molecule has 2 aromatic carbocycles. The molecule has 2 aromatic rings. The van der Waals surface area contributed by atoms with Gasteiger partial charge in [-0.2, -0.15) is 0 Å². The van der Waals surface area contributed by atoms with E-state index in [-0.39, 0.29) is 18.3 Å².